The molecule has 1 fully saturated rings. The van der Waals surface area contributed by atoms with Crippen LogP contribution in [0.4, 0.5) is 5.82 Å². The highest BCUT2D eigenvalue weighted by molar-refractivity contribution is 9.10. The second-order valence-electron chi connectivity index (χ2n) is 4.65. The Morgan fingerprint density at radius 3 is 2.65 bits per heavy atom. The van der Waals surface area contributed by atoms with E-state index < -0.39 is 0 Å². The fourth-order valence-electron chi connectivity index (χ4n) is 1.78. The average molecular weight is 386 g/mol. The zero-order valence-corrected chi connectivity index (χ0v) is 14.6. The van der Waals surface area contributed by atoms with Crippen LogP contribution in [-0.4, -0.2) is 44.6 Å². The highest BCUT2D eigenvalue weighted by atomic mass is 79.9. The van der Waals surface area contributed by atoms with Gasteiger partial charge in [0.15, 0.2) is 0 Å². The molecule has 0 spiro atoms. The number of nitrogens with one attached hydrogen (secondary N) is 2. The van der Waals surface area contributed by atoms with Crippen molar-refractivity contribution in [3.63, 3.8) is 0 Å². The number of carbonyl (C=O) groups is 1. The molecule has 1 aromatic heterocycles. The summed E-state index contributed by atoms with van der Waals surface area (Å²) in [6.07, 6.45) is 1.70. The normalized spacial score (nSPS) is 13.6. The third-order valence-corrected chi connectivity index (χ3v) is 3.35. The highest BCUT2D eigenvalue weighted by Gasteiger charge is 2.19. The van der Waals surface area contributed by atoms with Crippen molar-refractivity contribution in [2.75, 3.05) is 38.6 Å². The maximum Gasteiger partial charge on any atom is 0.255 e. The summed E-state index contributed by atoms with van der Waals surface area (Å²) in [5.41, 5.74) is 0.599. The van der Waals surface area contributed by atoms with Gasteiger partial charge in [0.2, 0.25) is 0 Å². The molecule has 2 heterocycles. The summed E-state index contributed by atoms with van der Waals surface area (Å²) in [4.78, 5) is 18.3. The molecule has 5 nitrogen and oxygen atoms in total. The van der Waals surface area contributed by atoms with Crippen molar-refractivity contribution in [3.05, 3.63) is 22.3 Å². The van der Waals surface area contributed by atoms with E-state index >= 15 is 0 Å². The third kappa shape index (κ3) is 4.77. The van der Waals surface area contributed by atoms with E-state index in [1.54, 1.807) is 12.3 Å². The second kappa shape index (κ2) is 8.67. The van der Waals surface area contributed by atoms with Crippen LogP contribution < -0.4 is 15.5 Å². The van der Waals surface area contributed by atoms with Crippen LogP contribution in [0.3, 0.4) is 0 Å². The Labute approximate surface area is 139 Å². The predicted octanol–water partition coefficient (Wildman–Crippen LogP) is 1.70. The maximum atomic E-state index is 12.1. The summed E-state index contributed by atoms with van der Waals surface area (Å²) < 4.78 is 0.809. The van der Waals surface area contributed by atoms with E-state index in [-0.39, 0.29) is 30.7 Å². The van der Waals surface area contributed by atoms with Gasteiger partial charge in [-0.1, -0.05) is 0 Å². The Morgan fingerprint density at radius 2 is 2.15 bits per heavy atom. The highest BCUT2D eigenvalue weighted by Crippen LogP contribution is 2.20. The van der Waals surface area contributed by atoms with Gasteiger partial charge in [0.05, 0.1) is 5.56 Å². The number of rotatable bonds is 4. The van der Waals surface area contributed by atoms with Crippen molar-refractivity contribution < 1.29 is 4.79 Å². The van der Waals surface area contributed by atoms with Crippen LogP contribution in [0.5, 0.6) is 0 Å². The minimum atomic E-state index is -0.0700. The number of amides is 1. The number of hydrogen-bond acceptors (Lipinski definition) is 4. The summed E-state index contributed by atoms with van der Waals surface area (Å²) >= 11 is 3.35. The van der Waals surface area contributed by atoms with Crippen molar-refractivity contribution in [1.82, 2.24) is 15.6 Å². The van der Waals surface area contributed by atoms with Gasteiger partial charge in [-0.3, -0.25) is 4.79 Å². The number of anilines is 1. The number of nitrogens with zero attached hydrogens (tertiary/aromatic N) is 2. The van der Waals surface area contributed by atoms with Gasteiger partial charge < -0.3 is 15.5 Å². The van der Waals surface area contributed by atoms with Crippen molar-refractivity contribution in [1.29, 1.82) is 0 Å². The molecule has 8 heteroatoms. The van der Waals surface area contributed by atoms with Gasteiger partial charge >= 0.3 is 0 Å². The molecule has 2 N–H and O–H groups in total. The minimum absolute atomic E-state index is 0. The fourth-order valence-corrected chi connectivity index (χ4v) is 2.11. The molecule has 0 aromatic carbocycles. The van der Waals surface area contributed by atoms with Crippen molar-refractivity contribution in [2.24, 2.45) is 5.92 Å². The third-order valence-electron chi connectivity index (χ3n) is 2.92. The van der Waals surface area contributed by atoms with Crippen LogP contribution in [-0.2, 0) is 0 Å². The minimum Gasteiger partial charge on any atom is -0.362 e. The quantitative estimate of drug-likeness (QED) is 0.828. The predicted molar refractivity (Wildman–Crippen MR) is 89.5 cm³/mol. The van der Waals surface area contributed by atoms with Gasteiger partial charge in [0.25, 0.3) is 5.91 Å². The van der Waals surface area contributed by atoms with Crippen LogP contribution >= 0.6 is 40.7 Å². The van der Waals surface area contributed by atoms with Crippen LogP contribution in [0.2, 0.25) is 0 Å². The molecule has 1 amide bonds. The average Bonchev–Trinajstić information content (AvgIpc) is 2.26. The molecule has 0 bridgehead atoms. The SMILES string of the molecule is CN(C)c1ncc(Br)cc1C(=O)NCC1CNC1.Cl.Cl. The second-order valence-corrected chi connectivity index (χ2v) is 5.57. The number of hydrogen-bond donors (Lipinski definition) is 2. The number of pyridine rings is 1. The Balaban J connectivity index is 0.00000180. The zero-order chi connectivity index (χ0) is 13.1. The molecule has 2 rings (SSSR count). The van der Waals surface area contributed by atoms with Crippen LogP contribution in [0.25, 0.3) is 0 Å². The molecular formula is C12H19BrCl2N4O. The Bertz CT molecular complexity index is 455. The van der Waals surface area contributed by atoms with Crippen LogP contribution in [0.15, 0.2) is 16.7 Å². The van der Waals surface area contributed by atoms with E-state index in [1.165, 1.54) is 0 Å². The van der Waals surface area contributed by atoms with Crippen LogP contribution in [0, 0.1) is 5.92 Å². The molecule has 1 aliphatic heterocycles. The van der Waals surface area contributed by atoms with Gasteiger partial charge in [0, 0.05) is 50.3 Å². The number of carbonyl (C=O) groups excluding carboxylic acids is 1. The smallest absolute Gasteiger partial charge is 0.255 e. The Morgan fingerprint density at radius 1 is 1.50 bits per heavy atom. The molecule has 0 unspecified atom stereocenters. The van der Waals surface area contributed by atoms with Crippen molar-refractivity contribution in [2.45, 2.75) is 0 Å². The molecular weight excluding hydrogens is 367 g/mol. The maximum absolute atomic E-state index is 12.1. The summed E-state index contributed by atoms with van der Waals surface area (Å²) in [5.74, 6) is 1.17. The largest absolute Gasteiger partial charge is 0.362 e. The molecule has 20 heavy (non-hydrogen) atoms. The van der Waals surface area contributed by atoms with Crippen molar-refractivity contribution >= 4 is 52.5 Å². The lowest BCUT2D eigenvalue weighted by Crippen LogP contribution is -2.48. The van der Waals surface area contributed by atoms with E-state index in [0.29, 0.717) is 23.8 Å². The summed E-state index contributed by atoms with van der Waals surface area (Å²) in [6, 6.07) is 1.80. The lowest BCUT2D eigenvalue weighted by molar-refractivity contribution is 0.0942. The molecule has 0 aliphatic carbocycles. The zero-order valence-electron chi connectivity index (χ0n) is 11.4. The molecule has 1 aliphatic rings. The van der Waals surface area contributed by atoms with Crippen molar-refractivity contribution in [3.8, 4) is 0 Å². The first kappa shape index (κ1) is 19.4. The lowest BCUT2D eigenvalue weighted by atomic mass is 10.0. The fraction of sp³-hybridized carbons (Fsp3) is 0.500. The Kier molecular flexibility index (Phi) is 8.42. The van der Waals surface area contributed by atoms with E-state index in [2.05, 4.69) is 31.5 Å². The molecule has 0 radical (unpaired) electrons. The van der Waals surface area contributed by atoms with Crippen LogP contribution in [0.1, 0.15) is 10.4 Å². The van der Waals surface area contributed by atoms with Gasteiger partial charge in [-0.15, -0.1) is 24.8 Å². The van der Waals surface area contributed by atoms with E-state index in [0.717, 1.165) is 17.6 Å². The summed E-state index contributed by atoms with van der Waals surface area (Å²) in [6.45, 7) is 2.68. The first-order valence-electron chi connectivity index (χ1n) is 5.89. The summed E-state index contributed by atoms with van der Waals surface area (Å²) in [5, 5.41) is 6.14. The number of halogens is 3. The summed E-state index contributed by atoms with van der Waals surface area (Å²) in [7, 11) is 3.76. The Hall–Kier alpha value is -0.560. The van der Waals surface area contributed by atoms with E-state index in [4.69, 9.17) is 0 Å². The molecule has 0 atom stereocenters. The number of aromatic nitrogens is 1. The monoisotopic (exact) mass is 384 g/mol. The topological polar surface area (TPSA) is 57.3 Å². The molecule has 1 aromatic rings. The molecule has 1 saturated heterocycles. The standard InChI is InChI=1S/C12H17BrN4O.2ClH/c1-17(2)11-10(3-9(13)7-15-11)12(18)16-6-8-4-14-5-8;;/h3,7-8,14H,4-6H2,1-2H3,(H,16,18);2*1H. The van der Waals surface area contributed by atoms with Gasteiger partial charge in [-0.25, -0.2) is 4.98 Å². The van der Waals surface area contributed by atoms with E-state index in [1.807, 2.05) is 19.0 Å². The van der Waals surface area contributed by atoms with Gasteiger partial charge in [0.1, 0.15) is 5.82 Å². The molecule has 0 saturated carbocycles. The van der Waals surface area contributed by atoms with Gasteiger partial charge in [-0.2, -0.15) is 0 Å². The van der Waals surface area contributed by atoms with Gasteiger partial charge in [-0.05, 0) is 22.0 Å². The lowest BCUT2D eigenvalue weighted by Gasteiger charge is -2.27. The molecule has 114 valence electrons. The first-order chi connectivity index (χ1) is 8.58. The van der Waals surface area contributed by atoms with E-state index in [9.17, 15) is 4.79 Å². The first-order valence-corrected chi connectivity index (χ1v) is 6.69.